The Hall–Kier alpha value is -3.15. The van der Waals surface area contributed by atoms with Crippen molar-refractivity contribution in [1.82, 2.24) is 9.97 Å². The van der Waals surface area contributed by atoms with Crippen LogP contribution in [0.3, 0.4) is 0 Å². The average molecular weight is 321 g/mol. The highest BCUT2D eigenvalue weighted by atomic mass is 16.5. The number of aromatic amines is 1. The van der Waals surface area contributed by atoms with Gasteiger partial charge in [-0.25, -0.2) is 4.98 Å². The van der Waals surface area contributed by atoms with Crippen LogP contribution in [0.4, 0.5) is 5.69 Å². The molecule has 3 aromatic rings. The maximum Gasteiger partial charge on any atom is 0.275 e. The van der Waals surface area contributed by atoms with Crippen molar-refractivity contribution in [3.8, 4) is 5.88 Å². The summed E-state index contributed by atoms with van der Waals surface area (Å²) in [5, 5.41) is 1.30. The summed E-state index contributed by atoms with van der Waals surface area (Å²) in [5.74, 6) is 0.172. The first-order valence-electron chi connectivity index (χ1n) is 7.68. The third-order valence-electron chi connectivity index (χ3n) is 4.05. The number of carbonyl (C=O) groups excluding carboxylic acids is 1. The Morgan fingerprint density at radius 3 is 2.96 bits per heavy atom. The maximum atomic E-state index is 12.9. The van der Waals surface area contributed by atoms with Crippen molar-refractivity contribution in [2.24, 2.45) is 0 Å². The molecule has 0 saturated carbocycles. The molecule has 1 aromatic carbocycles. The zero-order chi connectivity index (χ0) is 16.7. The Labute approximate surface area is 137 Å². The molecule has 0 bridgehead atoms. The molecule has 0 atom stereocenters. The van der Waals surface area contributed by atoms with E-state index in [9.17, 15) is 9.59 Å². The van der Waals surface area contributed by atoms with Crippen LogP contribution in [-0.2, 0) is 0 Å². The van der Waals surface area contributed by atoms with Gasteiger partial charge in [0.25, 0.3) is 11.5 Å². The number of hydrogen-bond acceptors (Lipinski definition) is 4. The van der Waals surface area contributed by atoms with Gasteiger partial charge in [-0.05, 0) is 36.6 Å². The molecule has 1 amide bonds. The highest BCUT2D eigenvalue weighted by Gasteiger charge is 2.26. The van der Waals surface area contributed by atoms with E-state index in [0.29, 0.717) is 30.1 Å². The molecule has 1 aliphatic rings. The summed E-state index contributed by atoms with van der Waals surface area (Å²) in [4.78, 5) is 33.7. The number of hydrogen-bond donors (Lipinski definition) is 1. The number of anilines is 1. The fourth-order valence-electron chi connectivity index (χ4n) is 2.87. The van der Waals surface area contributed by atoms with Crippen molar-refractivity contribution in [2.45, 2.75) is 6.92 Å². The molecule has 3 heterocycles. The molecule has 1 aliphatic heterocycles. The van der Waals surface area contributed by atoms with Gasteiger partial charge in [-0.3, -0.25) is 14.5 Å². The van der Waals surface area contributed by atoms with Crippen LogP contribution in [0, 0.1) is 6.92 Å². The monoisotopic (exact) mass is 321 g/mol. The average Bonchev–Trinajstić information content (AvgIpc) is 2.60. The minimum atomic E-state index is -0.271. The summed E-state index contributed by atoms with van der Waals surface area (Å²) in [6, 6.07) is 12.5. The number of pyridine rings is 2. The molecule has 1 N–H and O–H groups in total. The second-order valence-corrected chi connectivity index (χ2v) is 5.68. The number of H-pyrrole nitrogens is 1. The van der Waals surface area contributed by atoms with Gasteiger partial charge in [0, 0.05) is 11.1 Å². The fraction of sp³-hybridized carbons (Fsp3) is 0.167. The molecular formula is C18H15N3O3. The summed E-state index contributed by atoms with van der Waals surface area (Å²) in [7, 11) is 0. The number of aromatic nitrogens is 2. The van der Waals surface area contributed by atoms with Crippen molar-refractivity contribution < 1.29 is 9.53 Å². The lowest BCUT2D eigenvalue weighted by Gasteiger charge is -2.28. The maximum absolute atomic E-state index is 12.9. The largest absolute Gasteiger partial charge is 0.474 e. The first kappa shape index (κ1) is 14.4. The van der Waals surface area contributed by atoms with Crippen LogP contribution in [0.5, 0.6) is 5.88 Å². The molecule has 6 nitrogen and oxygen atoms in total. The van der Waals surface area contributed by atoms with Crippen molar-refractivity contribution in [3.05, 3.63) is 64.2 Å². The lowest BCUT2D eigenvalue weighted by atomic mass is 10.1. The predicted octanol–water partition coefficient (Wildman–Crippen LogP) is 2.27. The van der Waals surface area contributed by atoms with E-state index in [1.54, 1.807) is 23.1 Å². The van der Waals surface area contributed by atoms with Gasteiger partial charge in [-0.15, -0.1) is 0 Å². The lowest BCUT2D eigenvalue weighted by molar-refractivity contribution is 0.0970. The highest BCUT2D eigenvalue weighted by Crippen LogP contribution is 2.30. The minimum absolute atomic E-state index is 0.257. The Balaban J connectivity index is 1.79. The van der Waals surface area contributed by atoms with E-state index in [0.717, 1.165) is 11.1 Å². The number of amides is 1. The van der Waals surface area contributed by atoms with E-state index in [-0.39, 0.29) is 17.2 Å². The Bertz CT molecular complexity index is 1010. The second-order valence-electron chi connectivity index (χ2n) is 5.68. The molecule has 0 aliphatic carbocycles. The van der Waals surface area contributed by atoms with Crippen LogP contribution in [0.25, 0.3) is 10.8 Å². The van der Waals surface area contributed by atoms with Gasteiger partial charge in [0.15, 0.2) is 0 Å². The molecule has 24 heavy (non-hydrogen) atoms. The Morgan fingerprint density at radius 2 is 2.08 bits per heavy atom. The zero-order valence-corrected chi connectivity index (χ0v) is 13.1. The van der Waals surface area contributed by atoms with Crippen LogP contribution in [0.2, 0.25) is 0 Å². The Morgan fingerprint density at radius 1 is 1.25 bits per heavy atom. The molecule has 4 rings (SSSR count). The number of benzene rings is 1. The minimum Gasteiger partial charge on any atom is -0.474 e. The van der Waals surface area contributed by atoms with Crippen molar-refractivity contribution in [1.29, 1.82) is 0 Å². The standard InChI is InChI=1S/C18H15N3O3/c1-11-6-7-15-17(19-11)24-9-8-21(15)18(23)14-10-12-4-2-3-5-13(12)16(22)20-14/h2-7,10H,8-9H2,1H3,(H,20,22). The summed E-state index contributed by atoms with van der Waals surface area (Å²) >= 11 is 0. The second kappa shape index (κ2) is 5.49. The zero-order valence-electron chi connectivity index (χ0n) is 13.1. The van der Waals surface area contributed by atoms with E-state index in [4.69, 9.17) is 4.74 Å². The van der Waals surface area contributed by atoms with E-state index in [1.165, 1.54) is 0 Å². The topological polar surface area (TPSA) is 75.3 Å². The molecule has 120 valence electrons. The molecule has 6 heteroatoms. The molecular weight excluding hydrogens is 306 g/mol. The predicted molar refractivity (Wildman–Crippen MR) is 90.7 cm³/mol. The van der Waals surface area contributed by atoms with Gasteiger partial charge in [-0.1, -0.05) is 18.2 Å². The van der Waals surface area contributed by atoms with Crippen LogP contribution < -0.4 is 15.2 Å². The number of fused-ring (bicyclic) bond motifs is 2. The third kappa shape index (κ3) is 2.32. The van der Waals surface area contributed by atoms with E-state index in [2.05, 4.69) is 9.97 Å². The van der Waals surface area contributed by atoms with Crippen LogP contribution in [0.15, 0.2) is 47.3 Å². The number of ether oxygens (including phenoxy) is 1. The molecule has 0 spiro atoms. The lowest BCUT2D eigenvalue weighted by Crippen LogP contribution is -2.39. The van der Waals surface area contributed by atoms with Crippen LogP contribution in [0.1, 0.15) is 16.2 Å². The molecule has 0 saturated heterocycles. The van der Waals surface area contributed by atoms with Crippen molar-refractivity contribution in [2.75, 3.05) is 18.1 Å². The van der Waals surface area contributed by atoms with E-state index < -0.39 is 0 Å². The van der Waals surface area contributed by atoms with Gasteiger partial charge in [0.05, 0.1) is 6.54 Å². The van der Waals surface area contributed by atoms with Gasteiger partial charge < -0.3 is 9.72 Å². The van der Waals surface area contributed by atoms with E-state index >= 15 is 0 Å². The Kier molecular flexibility index (Phi) is 3.30. The van der Waals surface area contributed by atoms with E-state index in [1.807, 2.05) is 31.2 Å². The fourth-order valence-corrected chi connectivity index (χ4v) is 2.87. The molecule has 0 unspecified atom stereocenters. The normalized spacial score (nSPS) is 13.5. The summed E-state index contributed by atoms with van der Waals surface area (Å²) in [6.07, 6.45) is 0. The van der Waals surface area contributed by atoms with Crippen molar-refractivity contribution in [3.63, 3.8) is 0 Å². The first-order chi connectivity index (χ1) is 11.6. The van der Waals surface area contributed by atoms with Gasteiger partial charge in [0.1, 0.15) is 18.0 Å². The number of rotatable bonds is 1. The molecule has 2 aromatic heterocycles. The van der Waals surface area contributed by atoms with Gasteiger partial charge in [-0.2, -0.15) is 0 Å². The molecule has 0 radical (unpaired) electrons. The number of carbonyl (C=O) groups is 1. The first-order valence-corrected chi connectivity index (χ1v) is 7.68. The van der Waals surface area contributed by atoms with Gasteiger partial charge in [0.2, 0.25) is 5.88 Å². The van der Waals surface area contributed by atoms with Gasteiger partial charge >= 0.3 is 0 Å². The molecule has 0 fully saturated rings. The van der Waals surface area contributed by atoms with Crippen molar-refractivity contribution >= 4 is 22.4 Å². The summed E-state index contributed by atoms with van der Waals surface area (Å²) < 4.78 is 5.54. The number of aryl methyl sites for hydroxylation is 1. The smallest absolute Gasteiger partial charge is 0.275 e. The van der Waals surface area contributed by atoms with Crippen LogP contribution >= 0.6 is 0 Å². The number of nitrogens with one attached hydrogen (secondary N) is 1. The quantitative estimate of drug-likeness (QED) is 0.746. The number of nitrogens with zero attached hydrogens (tertiary/aromatic N) is 2. The SMILES string of the molecule is Cc1ccc2c(n1)OCCN2C(=O)c1cc2ccccc2c(=O)[nH]1. The summed E-state index contributed by atoms with van der Waals surface area (Å²) in [5.41, 5.74) is 1.42. The highest BCUT2D eigenvalue weighted by molar-refractivity contribution is 6.07. The van der Waals surface area contributed by atoms with Crippen LogP contribution in [-0.4, -0.2) is 29.0 Å². The summed E-state index contributed by atoms with van der Waals surface area (Å²) in [6.45, 7) is 2.64. The third-order valence-corrected chi connectivity index (χ3v) is 4.05.